The van der Waals surface area contributed by atoms with Crippen LogP contribution in [0.1, 0.15) is 46.3 Å². The van der Waals surface area contributed by atoms with Gasteiger partial charge in [0, 0.05) is 16.5 Å². The minimum Gasteiger partial charge on any atom is -0.461 e. The number of carbonyl (C=O) groups excluding carboxylic acids is 3. The highest BCUT2D eigenvalue weighted by molar-refractivity contribution is 7.90. The van der Waals surface area contributed by atoms with Crippen molar-refractivity contribution >= 4 is 39.0 Å². The lowest BCUT2D eigenvalue weighted by Gasteiger charge is -2.16. The van der Waals surface area contributed by atoms with Crippen LogP contribution in [0.3, 0.4) is 0 Å². The van der Waals surface area contributed by atoms with E-state index >= 15 is 0 Å². The molecule has 1 unspecified atom stereocenters. The molecule has 1 heterocycles. The number of hydrogen-bond donors (Lipinski definition) is 1. The topological polar surface area (TPSA) is 107 Å². The first-order valence-corrected chi connectivity index (χ1v) is 12.8. The van der Waals surface area contributed by atoms with Gasteiger partial charge in [-0.1, -0.05) is 54.6 Å². The van der Waals surface area contributed by atoms with Gasteiger partial charge in [0.05, 0.1) is 18.1 Å². The summed E-state index contributed by atoms with van der Waals surface area (Å²) < 4.78 is 31.8. The van der Waals surface area contributed by atoms with Gasteiger partial charge in [0.15, 0.2) is 5.78 Å². The lowest BCUT2D eigenvalue weighted by atomic mass is 9.91. The van der Waals surface area contributed by atoms with Crippen molar-refractivity contribution in [3.8, 4) is 0 Å². The number of carbonyl (C=O) groups is 3. The molecule has 172 valence electrons. The maximum atomic E-state index is 12.8. The van der Waals surface area contributed by atoms with Crippen LogP contribution < -0.4 is 4.72 Å². The Morgan fingerprint density at radius 3 is 2.39 bits per heavy atom. The molecule has 0 saturated heterocycles. The van der Waals surface area contributed by atoms with Gasteiger partial charge in [-0.05, 0) is 29.5 Å². The second-order valence-electron chi connectivity index (χ2n) is 7.33. The molecular weight excluding hydrogens is 462 g/mol. The first-order chi connectivity index (χ1) is 15.8. The third-order valence-corrected chi connectivity index (χ3v) is 6.86. The molecule has 0 aliphatic heterocycles. The Morgan fingerprint density at radius 1 is 1.00 bits per heavy atom. The van der Waals surface area contributed by atoms with Gasteiger partial charge in [-0.15, -0.1) is 0 Å². The van der Waals surface area contributed by atoms with Gasteiger partial charge in [-0.3, -0.25) is 19.1 Å². The van der Waals surface area contributed by atoms with Crippen molar-refractivity contribution < 1.29 is 27.5 Å². The zero-order chi connectivity index (χ0) is 23.8. The number of sulfonamides is 1. The standard InChI is InChI=1S/C24H23NO6S2/c1-17(20-9-5-6-10-21(20)23(27)19-11-13-32-16-19)24(28)25-33(29,30)14-12-22(26)31-15-18-7-3-2-4-8-18/h2-11,13,16-17H,12,14-15H2,1H3,(H,25,28). The summed E-state index contributed by atoms with van der Waals surface area (Å²) in [6, 6.07) is 17.3. The van der Waals surface area contributed by atoms with Gasteiger partial charge in [-0.25, -0.2) is 8.42 Å². The van der Waals surface area contributed by atoms with Crippen molar-refractivity contribution in [3.05, 3.63) is 93.7 Å². The molecule has 1 aromatic heterocycles. The smallest absolute Gasteiger partial charge is 0.307 e. The summed E-state index contributed by atoms with van der Waals surface area (Å²) in [4.78, 5) is 37.3. The van der Waals surface area contributed by atoms with Gasteiger partial charge in [0.2, 0.25) is 15.9 Å². The van der Waals surface area contributed by atoms with Gasteiger partial charge >= 0.3 is 5.97 Å². The van der Waals surface area contributed by atoms with Crippen LogP contribution >= 0.6 is 11.3 Å². The van der Waals surface area contributed by atoms with E-state index in [0.717, 1.165) is 5.56 Å². The van der Waals surface area contributed by atoms with Crippen molar-refractivity contribution in [2.45, 2.75) is 25.9 Å². The van der Waals surface area contributed by atoms with Crippen molar-refractivity contribution in [1.82, 2.24) is 4.72 Å². The molecular formula is C24H23NO6S2. The molecule has 0 bridgehead atoms. The number of amides is 1. The van der Waals surface area contributed by atoms with Crippen LogP contribution in [-0.4, -0.2) is 31.8 Å². The van der Waals surface area contributed by atoms with Gasteiger partial charge in [0.25, 0.3) is 0 Å². The Morgan fingerprint density at radius 2 is 1.70 bits per heavy atom. The van der Waals surface area contributed by atoms with E-state index in [-0.39, 0.29) is 12.4 Å². The molecule has 2 aromatic carbocycles. The van der Waals surface area contributed by atoms with Crippen LogP contribution in [0.15, 0.2) is 71.4 Å². The number of nitrogens with one attached hydrogen (secondary N) is 1. The summed E-state index contributed by atoms with van der Waals surface area (Å²) in [6.07, 6.45) is -0.392. The quantitative estimate of drug-likeness (QED) is 0.347. The molecule has 33 heavy (non-hydrogen) atoms. The summed E-state index contributed by atoms with van der Waals surface area (Å²) in [5.74, 6) is -3.19. The van der Waals surface area contributed by atoms with E-state index in [1.807, 2.05) is 10.8 Å². The van der Waals surface area contributed by atoms with Gasteiger partial charge < -0.3 is 4.74 Å². The molecule has 0 aliphatic rings. The monoisotopic (exact) mass is 485 g/mol. The molecule has 0 saturated carbocycles. The molecule has 0 radical (unpaired) electrons. The normalized spacial score (nSPS) is 12.0. The van der Waals surface area contributed by atoms with Crippen LogP contribution in [0, 0.1) is 0 Å². The minimum absolute atomic E-state index is 0.0397. The Hall–Kier alpha value is -3.30. The van der Waals surface area contributed by atoms with E-state index in [1.54, 1.807) is 65.4 Å². The fourth-order valence-corrected chi connectivity index (χ4v) is 4.75. The largest absolute Gasteiger partial charge is 0.461 e. The minimum atomic E-state index is -4.07. The predicted molar refractivity (Wildman–Crippen MR) is 125 cm³/mol. The Labute approximate surface area is 196 Å². The second kappa shape index (κ2) is 11.0. The molecule has 7 nitrogen and oxygen atoms in total. The fourth-order valence-electron chi connectivity index (χ4n) is 3.09. The van der Waals surface area contributed by atoms with E-state index < -0.39 is 40.0 Å². The summed E-state index contributed by atoms with van der Waals surface area (Å²) in [7, 11) is -4.07. The first-order valence-electron chi connectivity index (χ1n) is 10.2. The van der Waals surface area contributed by atoms with Gasteiger partial charge in [0.1, 0.15) is 6.61 Å². The molecule has 3 rings (SSSR count). The van der Waals surface area contributed by atoms with Crippen molar-refractivity contribution in [2.24, 2.45) is 0 Å². The van der Waals surface area contributed by atoms with E-state index in [4.69, 9.17) is 4.74 Å². The number of rotatable bonds is 10. The maximum absolute atomic E-state index is 12.8. The van der Waals surface area contributed by atoms with Crippen LogP contribution in [0.2, 0.25) is 0 Å². The molecule has 9 heteroatoms. The third-order valence-electron chi connectivity index (χ3n) is 4.92. The zero-order valence-electron chi connectivity index (χ0n) is 17.9. The highest BCUT2D eigenvalue weighted by Crippen LogP contribution is 2.24. The van der Waals surface area contributed by atoms with E-state index in [9.17, 15) is 22.8 Å². The van der Waals surface area contributed by atoms with E-state index in [0.29, 0.717) is 16.7 Å². The molecule has 3 aromatic rings. The van der Waals surface area contributed by atoms with Crippen molar-refractivity contribution in [2.75, 3.05) is 5.75 Å². The summed E-state index contributed by atoms with van der Waals surface area (Å²) in [5.41, 5.74) is 2.04. The van der Waals surface area contributed by atoms with E-state index in [2.05, 4.69) is 0 Å². The number of esters is 1. The second-order valence-corrected chi connectivity index (χ2v) is 9.95. The Kier molecular flexibility index (Phi) is 8.13. The molecule has 0 aliphatic carbocycles. The van der Waals surface area contributed by atoms with Crippen LogP contribution in [0.5, 0.6) is 0 Å². The first kappa shape index (κ1) is 24.3. The predicted octanol–water partition coefficient (Wildman–Crippen LogP) is 3.66. The Bertz CT molecular complexity index is 1220. The lowest BCUT2D eigenvalue weighted by Crippen LogP contribution is -2.36. The van der Waals surface area contributed by atoms with Crippen LogP contribution in [-0.2, 0) is 31.0 Å². The lowest BCUT2D eigenvalue weighted by molar-refractivity contribution is -0.144. The summed E-state index contributed by atoms with van der Waals surface area (Å²) >= 11 is 1.38. The highest BCUT2D eigenvalue weighted by Gasteiger charge is 2.26. The van der Waals surface area contributed by atoms with Crippen molar-refractivity contribution in [3.63, 3.8) is 0 Å². The average Bonchev–Trinajstić information content (AvgIpc) is 3.36. The number of hydrogen-bond acceptors (Lipinski definition) is 7. The van der Waals surface area contributed by atoms with Crippen LogP contribution in [0.4, 0.5) is 0 Å². The number of thiophene rings is 1. The molecule has 1 N–H and O–H groups in total. The number of ketones is 1. The zero-order valence-corrected chi connectivity index (χ0v) is 19.5. The average molecular weight is 486 g/mol. The van der Waals surface area contributed by atoms with Gasteiger partial charge in [-0.2, -0.15) is 11.3 Å². The van der Waals surface area contributed by atoms with Crippen molar-refractivity contribution in [1.29, 1.82) is 0 Å². The molecule has 1 amide bonds. The van der Waals surface area contributed by atoms with E-state index in [1.165, 1.54) is 18.3 Å². The summed E-state index contributed by atoms with van der Waals surface area (Å²) in [6.45, 7) is 1.57. The molecule has 0 spiro atoms. The third kappa shape index (κ3) is 6.84. The number of ether oxygens (including phenoxy) is 1. The summed E-state index contributed by atoms with van der Waals surface area (Å²) in [5, 5.41) is 3.49. The maximum Gasteiger partial charge on any atom is 0.307 e. The molecule has 1 atom stereocenters. The number of benzene rings is 2. The fraction of sp³-hybridized carbons (Fsp3) is 0.208. The molecule has 0 fully saturated rings. The Balaban J connectivity index is 1.59. The van der Waals surface area contributed by atoms with Crippen LogP contribution in [0.25, 0.3) is 0 Å². The highest BCUT2D eigenvalue weighted by atomic mass is 32.2. The SMILES string of the molecule is CC(C(=O)NS(=O)(=O)CCC(=O)OCc1ccccc1)c1ccccc1C(=O)c1ccsc1.